The molecule has 3 heterocycles. The van der Waals surface area contributed by atoms with Crippen LogP contribution < -0.4 is 16.4 Å². The number of benzene rings is 1. The third kappa shape index (κ3) is 5.12. The van der Waals surface area contributed by atoms with E-state index >= 15 is 0 Å². The average molecular weight is 490 g/mol. The van der Waals surface area contributed by atoms with Gasteiger partial charge in [0, 0.05) is 35.8 Å². The Morgan fingerprint density at radius 3 is 2.50 bits per heavy atom. The second-order valence-electron chi connectivity index (χ2n) is 8.95. The van der Waals surface area contributed by atoms with Crippen LogP contribution in [0.15, 0.2) is 35.1 Å². The maximum atomic E-state index is 13.0. The summed E-state index contributed by atoms with van der Waals surface area (Å²) >= 11 is 0. The van der Waals surface area contributed by atoms with Crippen molar-refractivity contribution in [2.45, 2.75) is 66.3 Å². The van der Waals surface area contributed by atoms with E-state index in [2.05, 4.69) is 33.0 Å². The molecule has 0 radical (unpaired) electrons. The Morgan fingerprint density at radius 1 is 1.00 bits per heavy atom. The van der Waals surface area contributed by atoms with Gasteiger partial charge in [0.2, 0.25) is 5.91 Å². The number of carbonyl (C=O) groups is 2. The van der Waals surface area contributed by atoms with Crippen LogP contribution >= 0.6 is 0 Å². The third-order valence-corrected chi connectivity index (χ3v) is 6.26. The highest BCUT2D eigenvalue weighted by atomic mass is 16.2. The predicted molar refractivity (Wildman–Crippen MR) is 137 cm³/mol. The van der Waals surface area contributed by atoms with Crippen molar-refractivity contribution < 1.29 is 9.59 Å². The summed E-state index contributed by atoms with van der Waals surface area (Å²) < 4.78 is 3.12. The first-order valence-corrected chi connectivity index (χ1v) is 12.2. The number of hydrazine groups is 1. The monoisotopic (exact) mass is 489 g/mol. The van der Waals surface area contributed by atoms with Crippen LogP contribution in [0, 0.1) is 20.8 Å². The van der Waals surface area contributed by atoms with Gasteiger partial charge >= 0.3 is 0 Å². The molecule has 0 saturated carbocycles. The maximum absolute atomic E-state index is 13.0. The van der Waals surface area contributed by atoms with Gasteiger partial charge in [-0.1, -0.05) is 38.0 Å². The van der Waals surface area contributed by atoms with Gasteiger partial charge in [0.25, 0.3) is 11.5 Å². The van der Waals surface area contributed by atoms with Gasteiger partial charge in [0.15, 0.2) is 11.3 Å². The first-order valence-electron chi connectivity index (χ1n) is 12.2. The van der Waals surface area contributed by atoms with E-state index in [1.54, 1.807) is 28.8 Å². The van der Waals surface area contributed by atoms with Gasteiger partial charge in [-0.25, -0.2) is 14.2 Å². The predicted octanol–water partition coefficient (Wildman–Crippen LogP) is 2.95. The molecule has 4 rings (SSSR count). The van der Waals surface area contributed by atoms with Crippen molar-refractivity contribution in [3.05, 3.63) is 69.0 Å². The number of aromatic nitrogens is 5. The molecule has 2 amide bonds. The molecule has 0 saturated heterocycles. The van der Waals surface area contributed by atoms with Gasteiger partial charge in [-0.2, -0.15) is 10.2 Å². The number of aryl methyl sites for hydroxylation is 4. The summed E-state index contributed by atoms with van der Waals surface area (Å²) in [5.74, 6) is -0.925. The number of nitrogens with one attached hydrogen (secondary N) is 2. The summed E-state index contributed by atoms with van der Waals surface area (Å²) in [4.78, 5) is 42.9. The number of hydrogen-bond acceptors (Lipinski definition) is 6. The molecule has 0 spiro atoms. The molecule has 0 aliphatic carbocycles. The fourth-order valence-corrected chi connectivity index (χ4v) is 4.36. The number of fused-ring (bicyclic) bond motifs is 2. The van der Waals surface area contributed by atoms with Crippen molar-refractivity contribution in [3.63, 3.8) is 0 Å². The topological polar surface area (TPSA) is 123 Å². The molecular weight excluding hydrogens is 458 g/mol. The lowest BCUT2D eigenvalue weighted by molar-refractivity contribution is -0.121. The van der Waals surface area contributed by atoms with Crippen molar-refractivity contribution in [2.24, 2.45) is 0 Å². The molecule has 1 aromatic carbocycles. The number of rotatable bonds is 8. The van der Waals surface area contributed by atoms with Gasteiger partial charge in [0.05, 0.1) is 11.1 Å². The standard InChI is InChI=1S/C26H31N7O3/c1-5-6-9-14-32-26(36)21-11-8-7-10-20(21)24(31-32)25(35)29-28-23(34)13-12-19-17(3)27-22-15-16(2)30-33(22)18(19)4/h7-8,10-11,15H,5-6,9,12-14H2,1-4H3,(H,28,34)(H,29,35). The Balaban J connectivity index is 1.46. The van der Waals surface area contributed by atoms with E-state index < -0.39 is 5.91 Å². The first kappa shape index (κ1) is 25.0. The van der Waals surface area contributed by atoms with Crippen LogP contribution in [0.3, 0.4) is 0 Å². The quantitative estimate of drug-likeness (QED) is 0.290. The number of nitrogens with zero attached hydrogens (tertiary/aromatic N) is 5. The molecule has 0 unspecified atom stereocenters. The van der Waals surface area contributed by atoms with Crippen molar-refractivity contribution in [1.82, 2.24) is 35.2 Å². The third-order valence-electron chi connectivity index (χ3n) is 6.26. The highest BCUT2D eigenvalue weighted by Gasteiger charge is 2.18. The molecule has 0 aliphatic rings. The Kier molecular flexibility index (Phi) is 7.42. The van der Waals surface area contributed by atoms with Crippen LogP contribution in [0.4, 0.5) is 0 Å². The van der Waals surface area contributed by atoms with E-state index in [4.69, 9.17) is 0 Å². The Morgan fingerprint density at radius 2 is 1.75 bits per heavy atom. The second kappa shape index (κ2) is 10.7. The lowest BCUT2D eigenvalue weighted by Crippen LogP contribution is -2.43. The van der Waals surface area contributed by atoms with Crippen LogP contribution in [-0.2, 0) is 17.8 Å². The van der Waals surface area contributed by atoms with Gasteiger partial charge < -0.3 is 0 Å². The lowest BCUT2D eigenvalue weighted by Gasteiger charge is -2.13. The number of carbonyl (C=O) groups excluding carboxylic acids is 2. The minimum atomic E-state index is -0.578. The summed E-state index contributed by atoms with van der Waals surface area (Å²) in [5, 5.41) is 9.65. The van der Waals surface area contributed by atoms with Gasteiger partial charge in [0.1, 0.15) is 0 Å². The van der Waals surface area contributed by atoms with Gasteiger partial charge in [-0.15, -0.1) is 0 Å². The van der Waals surface area contributed by atoms with E-state index in [1.807, 2.05) is 26.8 Å². The fraction of sp³-hybridized carbons (Fsp3) is 0.385. The summed E-state index contributed by atoms with van der Waals surface area (Å²) in [7, 11) is 0. The Hall–Kier alpha value is -4.08. The van der Waals surface area contributed by atoms with Crippen LogP contribution in [0.25, 0.3) is 16.4 Å². The first-order chi connectivity index (χ1) is 17.3. The minimum Gasteiger partial charge on any atom is -0.273 e. The van der Waals surface area contributed by atoms with Crippen LogP contribution in [0.2, 0.25) is 0 Å². The zero-order valence-corrected chi connectivity index (χ0v) is 21.1. The van der Waals surface area contributed by atoms with Crippen molar-refractivity contribution >= 4 is 28.2 Å². The van der Waals surface area contributed by atoms with E-state index in [-0.39, 0.29) is 23.6 Å². The molecule has 0 aliphatic heterocycles. The van der Waals surface area contributed by atoms with Gasteiger partial charge in [-0.05, 0) is 45.2 Å². The normalized spacial score (nSPS) is 11.2. The van der Waals surface area contributed by atoms with Crippen molar-refractivity contribution in [3.8, 4) is 0 Å². The van der Waals surface area contributed by atoms with E-state index in [9.17, 15) is 14.4 Å². The smallest absolute Gasteiger partial charge is 0.273 e. The molecule has 3 aromatic heterocycles. The highest BCUT2D eigenvalue weighted by Crippen LogP contribution is 2.17. The lowest BCUT2D eigenvalue weighted by atomic mass is 10.1. The summed E-state index contributed by atoms with van der Waals surface area (Å²) in [6, 6.07) is 8.78. The maximum Gasteiger partial charge on any atom is 0.290 e. The summed E-state index contributed by atoms with van der Waals surface area (Å²) in [5.41, 5.74) is 9.17. The molecular formula is C26H31N7O3. The molecule has 0 bridgehead atoms. The van der Waals surface area contributed by atoms with E-state index in [1.165, 1.54) is 4.68 Å². The molecule has 36 heavy (non-hydrogen) atoms. The zero-order valence-electron chi connectivity index (χ0n) is 21.1. The molecule has 4 aromatic rings. The van der Waals surface area contributed by atoms with Crippen molar-refractivity contribution in [1.29, 1.82) is 0 Å². The Bertz CT molecular complexity index is 1500. The molecule has 188 valence electrons. The molecule has 10 nitrogen and oxygen atoms in total. The molecule has 0 atom stereocenters. The zero-order chi connectivity index (χ0) is 25.8. The summed E-state index contributed by atoms with van der Waals surface area (Å²) in [6.45, 7) is 8.28. The van der Waals surface area contributed by atoms with Crippen LogP contribution in [0.1, 0.15) is 65.7 Å². The Labute approximate surface area is 208 Å². The molecule has 2 N–H and O–H groups in total. The summed E-state index contributed by atoms with van der Waals surface area (Å²) in [6.07, 6.45) is 3.36. The fourth-order valence-electron chi connectivity index (χ4n) is 4.36. The number of amides is 2. The minimum absolute atomic E-state index is 0.0948. The number of hydrogen-bond donors (Lipinski definition) is 2. The second-order valence-corrected chi connectivity index (χ2v) is 8.95. The van der Waals surface area contributed by atoms with Crippen LogP contribution in [0.5, 0.6) is 0 Å². The van der Waals surface area contributed by atoms with Gasteiger partial charge in [-0.3, -0.25) is 25.2 Å². The van der Waals surface area contributed by atoms with E-state index in [0.29, 0.717) is 23.7 Å². The largest absolute Gasteiger partial charge is 0.290 e. The SMILES string of the molecule is CCCCCn1nc(C(=O)NNC(=O)CCc2c(C)nc3cc(C)nn3c2C)c2ccccc2c1=O. The van der Waals surface area contributed by atoms with Crippen molar-refractivity contribution in [2.75, 3.05) is 0 Å². The molecule has 10 heteroatoms. The molecule has 0 fully saturated rings. The van der Waals surface area contributed by atoms with Crippen LogP contribution in [-0.4, -0.2) is 36.2 Å². The average Bonchev–Trinajstić information content (AvgIpc) is 3.24. The number of unbranched alkanes of at least 4 members (excludes halogenated alkanes) is 2. The highest BCUT2D eigenvalue weighted by molar-refractivity contribution is 6.05. The van der Waals surface area contributed by atoms with E-state index in [0.717, 1.165) is 47.6 Å².